The van der Waals surface area contributed by atoms with Gasteiger partial charge in [-0.05, 0) is 30.0 Å². The summed E-state index contributed by atoms with van der Waals surface area (Å²) < 4.78 is 3.84. The number of nitrogens with zero attached hydrogens (tertiary/aromatic N) is 5. The molecule has 32 heavy (non-hydrogen) atoms. The highest BCUT2D eigenvalue weighted by atomic mass is 32.1. The molecule has 1 aliphatic heterocycles. The van der Waals surface area contributed by atoms with Crippen LogP contribution >= 0.6 is 11.3 Å². The first-order valence-corrected chi connectivity index (χ1v) is 11.7. The van der Waals surface area contributed by atoms with Crippen LogP contribution in [-0.2, 0) is 26.1 Å². The molecule has 0 radical (unpaired) electrons. The Morgan fingerprint density at radius 2 is 1.62 bits per heavy atom. The molecule has 0 N–H and O–H groups in total. The van der Waals surface area contributed by atoms with Crippen molar-refractivity contribution in [2.45, 2.75) is 33.0 Å². The standard InChI is InChI=1S/C25H23N5OS/c1-17-26-27-25-29(15-19-10-6-3-7-11-19)23(31)22-20-12-13-28(14-18-8-4-2-5-9-18)16-21(20)32-24(22)30(17)25/h2-11H,12-16H2,1H3. The Bertz CT molecular complexity index is 1480. The largest absolute Gasteiger partial charge is 0.294 e. The first kappa shape index (κ1) is 19.4. The van der Waals surface area contributed by atoms with Gasteiger partial charge in [0.25, 0.3) is 5.56 Å². The molecule has 7 heteroatoms. The first-order valence-electron chi connectivity index (χ1n) is 10.9. The lowest BCUT2D eigenvalue weighted by Gasteiger charge is -2.26. The summed E-state index contributed by atoms with van der Waals surface area (Å²) in [5.41, 5.74) is 3.64. The fourth-order valence-electron chi connectivity index (χ4n) is 4.69. The molecule has 5 aromatic rings. The third-order valence-electron chi connectivity index (χ3n) is 6.26. The quantitative estimate of drug-likeness (QED) is 0.423. The molecule has 6 rings (SSSR count). The highest BCUT2D eigenvalue weighted by Gasteiger charge is 2.26. The van der Waals surface area contributed by atoms with Crippen LogP contribution < -0.4 is 5.56 Å². The SMILES string of the molecule is Cc1nnc2n(Cc3ccccc3)c(=O)c3c4c(sc3n12)CN(Cc1ccccc1)CC4. The molecule has 0 atom stereocenters. The van der Waals surface area contributed by atoms with Gasteiger partial charge in [-0.2, -0.15) is 0 Å². The maximum atomic E-state index is 13.7. The number of rotatable bonds is 4. The summed E-state index contributed by atoms with van der Waals surface area (Å²) in [7, 11) is 0. The van der Waals surface area contributed by atoms with Gasteiger partial charge in [0.05, 0.1) is 11.9 Å². The van der Waals surface area contributed by atoms with E-state index >= 15 is 0 Å². The van der Waals surface area contributed by atoms with E-state index in [1.165, 1.54) is 16.0 Å². The van der Waals surface area contributed by atoms with Gasteiger partial charge < -0.3 is 0 Å². The lowest BCUT2D eigenvalue weighted by atomic mass is 10.0. The van der Waals surface area contributed by atoms with Crippen LogP contribution in [0.5, 0.6) is 0 Å². The summed E-state index contributed by atoms with van der Waals surface area (Å²) in [5, 5.41) is 9.53. The van der Waals surface area contributed by atoms with Crippen LogP contribution in [0.15, 0.2) is 65.5 Å². The van der Waals surface area contributed by atoms with E-state index in [9.17, 15) is 4.79 Å². The van der Waals surface area contributed by atoms with Crippen LogP contribution in [0.25, 0.3) is 16.0 Å². The van der Waals surface area contributed by atoms with Crippen LogP contribution in [0.3, 0.4) is 0 Å². The Balaban J connectivity index is 1.47. The third-order valence-corrected chi connectivity index (χ3v) is 7.46. The number of benzene rings is 2. The van der Waals surface area contributed by atoms with Crippen molar-refractivity contribution < 1.29 is 0 Å². The number of hydrogen-bond donors (Lipinski definition) is 0. The Labute approximate surface area is 189 Å². The van der Waals surface area contributed by atoms with Crippen LogP contribution in [0.1, 0.15) is 27.4 Å². The molecule has 0 amide bonds. The minimum atomic E-state index is 0.0396. The average molecular weight is 442 g/mol. The zero-order valence-corrected chi connectivity index (χ0v) is 18.7. The molecule has 0 fully saturated rings. The van der Waals surface area contributed by atoms with Gasteiger partial charge in [0.2, 0.25) is 5.78 Å². The number of fused-ring (bicyclic) bond motifs is 5. The Morgan fingerprint density at radius 1 is 0.938 bits per heavy atom. The monoisotopic (exact) mass is 441 g/mol. The molecular weight excluding hydrogens is 418 g/mol. The maximum absolute atomic E-state index is 13.7. The molecule has 6 nitrogen and oxygen atoms in total. The normalized spacial score (nSPS) is 14.3. The van der Waals surface area contributed by atoms with E-state index in [4.69, 9.17) is 0 Å². The van der Waals surface area contributed by atoms with Gasteiger partial charge in [-0.25, -0.2) is 0 Å². The van der Waals surface area contributed by atoms with E-state index in [-0.39, 0.29) is 5.56 Å². The molecule has 0 aliphatic carbocycles. The minimum absolute atomic E-state index is 0.0396. The zero-order valence-electron chi connectivity index (χ0n) is 17.9. The Kier molecular flexibility index (Phi) is 4.66. The van der Waals surface area contributed by atoms with Gasteiger partial charge in [-0.3, -0.25) is 18.7 Å². The second kappa shape index (κ2) is 7.69. The van der Waals surface area contributed by atoms with Crippen molar-refractivity contribution in [3.8, 4) is 0 Å². The summed E-state index contributed by atoms with van der Waals surface area (Å²) in [4.78, 5) is 18.5. The molecular formula is C25H23N5OS. The fraction of sp³-hybridized carbons (Fsp3) is 0.240. The molecule has 160 valence electrons. The van der Waals surface area contributed by atoms with Crippen molar-refractivity contribution in [3.63, 3.8) is 0 Å². The second-order valence-electron chi connectivity index (χ2n) is 8.39. The van der Waals surface area contributed by atoms with Gasteiger partial charge >= 0.3 is 0 Å². The van der Waals surface area contributed by atoms with Crippen molar-refractivity contribution in [3.05, 3.63) is 98.4 Å². The van der Waals surface area contributed by atoms with Crippen molar-refractivity contribution in [2.24, 2.45) is 0 Å². The first-order chi connectivity index (χ1) is 15.7. The predicted molar refractivity (Wildman–Crippen MR) is 127 cm³/mol. The van der Waals surface area contributed by atoms with Crippen LogP contribution in [0.2, 0.25) is 0 Å². The van der Waals surface area contributed by atoms with Crippen molar-refractivity contribution in [2.75, 3.05) is 6.54 Å². The van der Waals surface area contributed by atoms with Gasteiger partial charge in [-0.15, -0.1) is 21.5 Å². The summed E-state index contributed by atoms with van der Waals surface area (Å²) in [6, 6.07) is 20.6. The van der Waals surface area contributed by atoms with Gasteiger partial charge in [0.15, 0.2) is 0 Å². The predicted octanol–water partition coefficient (Wildman–Crippen LogP) is 4.02. The lowest BCUT2D eigenvalue weighted by molar-refractivity contribution is 0.249. The number of aromatic nitrogens is 4. The number of hydrogen-bond acceptors (Lipinski definition) is 5. The molecule has 0 bridgehead atoms. The maximum Gasteiger partial charge on any atom is 0.264 e. The van der Waals surface area contributed by atoms with Crippen molar-refractivity contribution in [1.82, 2.24) is 24.1 Å². The highest BCUT2D eigenvalue weighted by molar-refractivity contribution is 7.18. The average Bonchev–Trinajstić information content (AvgIpc) is 3.38. The number of aryl methyl sites for hydroxylation is 1. The van der Waals surface area contributed by atoms with Gasteiger partial charge in [0, 0.05) is 24.5 Å². The van der Waals surface area contributed by atoms with E-state index in [1.807, 2.05) is 37.3 Å². The van der Waals surface area contributed by atoms with Crippen molar-refractivity contribution >= 4 is 27.3 Å². The Morgan fingerprint density at radius 3 is 2.34 bits per heavy atom. The molecule has 0 spiro atoms. The fourth-order valence-corrected chi connectivity index (χ4v) is 6.12. The third kappa shape index (κ3) is 3.16. The summed E-state index contributed by atoms with van der Waals surface area (Å²) in [5.74, 6) is 1.43. The van der Waals surface area contributed by atoms with E-state index < -0.39 is 0 Å². The summed E-state index contributed by atoms with van der Waals surface area (Å²) >= 11 is 1.72. The van der Waals surface area contributed by atoms with Gasteiger partial charge in [0.1, 0.15) is 10.7 Å². The lowest BCUT2D eigenvalue weighted by Crippen LogP contribution is -2.30. The molecule has 1 aliphatic rings. The second-order valence-corrected chi connectivity index (χ2v) is 9.47. The van der Waals surface area contributed by atoms with E-state index in [0.717, 1.165) is 47.7 Å². The molecule has 4 heterocycles. The van der Waals surface area contributed by atoms with Crippen LogP contribution in [0, 0.1) is 6.92 Å². The topological polar surface area (TPSA) is 55.4 Å². The smallest absolute Gasteiger partial charge is 0.264 e. The summed E-state index contributed by atoms with van der Waals surface area (Å²) in [6.07, 6.45) is 0.884. The highest BCUT2D eigenvalue weighted by Crippen LogP contribution is 2.34. The minimum Gasteiger partial charge on any atom is -0.294 e. The molecule has 2 aromatic carbocycles. The van der Waals surface area contributed by atoms with E-state index in [1.54, 1.807) is 15.9 Å². The van der Waals surface area contributed by atoms with Crippen LogP contribution in [0.4, 0.5) is 0 Å². The van der Waals surface area contributed by atoms with E-state index in [2.05, 4.69) is 49.8 Å². The summed E-state index contributed by atoms with van der Waals surface area (Å²) in [6.45, 7) is 5.18. The number of thiophene rings is 1. The molecule has 3 aromatic heterocycles. The zero-order chi connectivity index (χ0) is 21.7. The Hall–Kier alpha value is -3.29. The molecule has 0 saturated carbocycles. The van der Waals surface area contributed by atoms with Crippen molar-refractivity contribution in [1.29, 1.82) is 0 Å². The molecule has 0 saturated heterocycles. The van der Waals surface area contributed by atoms with Crippen LogP contribution in [-0.4, -0.2) is 30.6 Å². The molecule has 0 unspecified atom stereocenters. The van der Waals surface area contributed by atoms with E-state index in [0.29, 0.717) is 12.3 Å². The van der Waals surface area contributed by atoms with Gasteiger partial charge in [-0.1, -0.05) is 60.7 Å².